The van der Waals surface area contributed by atoms with Gasteiger partial charge < -0.3 is 26.3 Å². The van der Waals surface area contributed by atoms with Crippen molar-refractivity contribution >= 4 is 39.9 Å². The van der Waals surface area contributed by atoms with Crippen LogP contribution >= 0.6 is 11.3 Å². The molecule has 9 nitrogen and oxygen atoms in total. The molecule has 1 atom stereocenters. The molecule has 2 aliphatic carbocycles. The van der Waals surface area contributed by atoms with Crippen molar-refractivity contribution in [2.24, 2.45) is 5.92 Å². The van der Waals surface area contributed by atoms with Gasteiger partial charge in [0.2, 0.25) is 5.91 Å². The molecule has 1 fully saturated rings. The van der Waals surface area contributed by atoms with Crippen LogP contribution in [0.15, 0.2) is 6.33 Å². The Labute approximate surface area is 191 Å². The third-order valence-corrected chi connectivity index (χ3v) is 7.34. The Hall–Kier alpha value is -2.88. The first-order chi connectivity index (χ1) is 15.4. The number of rotatable bonds is 8. The lowest BCUT2D eigenvalue weighted by atomic mass is 9.91. The number of aryl methyl sites for hydroxylation is 1. The third-order valence-electron chi connectivity index (χ3n) is 6.13. The Bertz CT molecular complexity index is 1040. The molecule has 0 radical (unpaired) electrons. The SMILES string of the molecule is CCCCNC(=O)c1c(NC(=O)C2CC2)sc2c1C[C@@H](n1cnc(C(=O)NC)c1N)CC2. The minimum Gasteiger partial charge on any atom is -0.383 e. The van der Waals surface area contributed by atoms with Gasteiger partial charge in [-0.15, -0.1) is 11.3 Å². The van der Waals surface area contributed by atoms with Gasteiger partial charge in [0.1, 0.15) is 10.8 Å². The van der Waals surface area contributed by atoms with Gasteiger partial charge >= 0.3 is 0 Å². The van der Waals surface area contributed by atoms with Crippen LogP contribution in [0.5, 0.6) is 0 Å². The molecule has 3 amide bonds. The van der Waals surface area contributed by atoms with Gasteiger partial charge in [-0.1, -0.05) is 13.3 Å². The fourth-order valence-electron chi connectivity index (χ4n) is 4.11. The van der Waals surface area contributed by atoms with E-state index in [1.807, 2.05) is 4.57 Å². The summed E-state index contributed by atoms with van der Waals surface area (Å²) in [5.41, 5.74) is 7.97. The van der Waals surface area contributed by atoms with Gasteiger partial charge in [0.05, 0.1) is 11.9 Å². The van der Waals surface area contributed by atoms with Crippen molar-refractivity contribution in [2.75, 3.05) is 24.6 Å². The number of nitrogens with zero attached hydrogens (tertiary/aromatic N) is 2. The molecule has 2 aromatic rings. The lowest BCUT2D eigenvalue weighted by molar-refractivity contribution is -0.117. The van der Waals surface area contributed by atoms with E-state index in [1.54, 1.807) is 13.4 Å². The van der Waals surface area contributed by atoms with Crippen LogP contribution in [0, 0.1) is 5.92 Å². The topological polar surface area (TPSA) is 131 Å². The first-order valence-corrected chi connectivity index (χ1v) is 12.0. The third kappa shape index (κ3) is 4.36. The molecule has 1 saturated carbocycles. The summed E-state index contributed by atoms with van der Waals surface area (Å²) in [4.78, 5) is 42.9. The molecule has 0 bridgehead atoms. The molecule has 0 aliphatic heterocycles. The molecule has 0 spiro atoms. The van der Waals surface area contributed by atoms with Crippen LogP contribution in [0.2, 0.25) is 0 Å². The summed E-state index contributed by atoms with van der Waals surface area (Å²) in [5, 5.41) is 9.22. The lowest BCUT2D eigenvalue weighted by Gasteiger charge is -2.25. The van der Waals surface area contributed by atoms with E-state index in [-0.39, 0.29) is 35.4 Å². The predicted molar refractivity (Wildman–Crippen MR) is 124 cm³/mol. The van der Waals surface area contributed by atoms with Gasteiger partial charge in [0.15, 0.2) is 5.69 Å². The Morgan fingerprint density at radius 1 is 1.25 bits per heavy atom. The van der Waals surface area contributed by atoms with E-state index >= 15 is 0 Å². The number of nitrogens with one attached hydrogen (secondary N) is 3. The number of carbonyl (C=O) groups is 3. The van der Waals surface area contributed by atoms with Gasteiger partial charge in [-0.05, 0) is 44.1 Å². The molecule has 0 saturated heterocycles. The highest BCUT2D eigenvalue weighted by atomic mass is 32.1. The minimum atomic E-state index is -0.325. The van der Waals surface area contributed by atoms with E-state index in [4.69, 9.17) is 5.73 Å². The number of anilines is 2. The van der Waals surface area contributed by atoms with Gasteiger partial charge in [-0.3, -0.25) is 14.4 Å². The van der Waals surface area contributed by atoms with Crippen LogP contribution in [0.1, 0.15) is 76.4 Å². The molecule has 2 aromatic heterocycles. The Morgan fingerprint density at radius 3 is 2.72 bits per heavy atom. The average molecular weight is 459 g/mol. The number of hydrogen-bond acceptors (Lipinski definition) is 6. The number of fused-ring (bicyclic) bond motifs is 1. The summed E-state index contributed by atoms with van der Waals surface area (Å²) in [6.07, 6.45) is 7.48. The summed E-state index contributed by atoms with van der Waals surface area (Å²) >= 11 is 1.51. The number of hydrogen-bond donors (Lipinski definition) is 4. The van der Waals surface area contributed by atoms with Crippen LogP contribution in [-0.2, 0) is 17.6 Å². The van der Waals surface area contributed by atoms with Crippen LogP contribution in [0.25, 0.3) is 0 Å². The second-order valence-electron chi connectivity index (χ2n) is 8.44. The standard InChI is InChI=1S/C22H30N6O3S/c1-3-4-9-25-20(30)16-14-10-13(28-11-26-17(18(28)23)21(31)24-2)7-8-15(14)32-22(16)27-19(29)12-5-6-12/h11-13H,3-10,23H2,1-2H3,(H,24,31)(H,25,30)(H,27,29)/t13-/m0/s1. The van der Waals surface area contributed by atoms with Crippen LogP contribution in [-0.4, -0.2) is 40.9 Å². The number of carbonyl (C=O) groups excluding carboxylic acids is 3. The largest absolute Gasteiger partial charge is 0.383 e. The molecule has 10 heteroatoms. The molecule has 4 rings (SSSR count). The number of thiophene rings is 1. The quantitative estimate of drug-likeness (QED) is 0.452. The molecule has 172 valence electrons. The number of imidazole rings is 1. The van der Waals surface area contributed by atoms with E-state index in [2.05, 4.69) is 27.9 Å². The van der Waals surface area contributed by atoms with E-state index < -0.39 is 0 Å². The van der Waals surface area contributed by atoms with Crippen molar-refractivity contribution < 1.29 is 14.4 Å². The normalized spacial score (nSPS) is 17.5. The molecule has 32 heavy (non-hydrogen) atoms. The van der Waals surface area contributed by atoms with Crippen molar-refractivity contribution in [3.8, 4) is 0 Å². The summed E-state index contributed by atoms with van der Waals surface area (Å²) in [6, 6.07) is -0.0165. The maximum atomic E-state index is 13.1. The van der Waals surface area contributed by atoms with Crippen molar-refractivity contribution in [3.05, 3.63) is 28.0 Å². The molecule has 2 heterocycles. The van der Waals surface area contributed by atoms with Crippen molar-refractivity contribution in [1.29, 1.82) is 0 Å². The molecule has 5 N–H and O–H groups in total. The summed E-state index contributed by atoms with van der Waals surface area (Å²) in [5.74, 6) is -0.0884. The monoisotopic (exact) mass is 458 g/mol. The molecule has 2 aliphatic rings. The van der Waals surface area contributed by atoms with Gasteiger partial charge in [-0.2, -0.15) is 0 Å². The summed E-state index contributed by atoms with van der Waals surface area (Å²) in [6.45, 7) is 2.68. The van der Waals surface area contributed by atoms with Crippen molar-refractivity contribution in [3.63, 3.8) is 0 Å². The van der Waals surface area contributed by atoms with Crippen LogP contribution in [0.3, 0.4) is 0 Å². The van der Waals surface area contributed by atoms with Crippen molar-refractivity contribution in [1.82, 2.24) is 20.2 Å². The van der Waals surface area contributed by atoms with Crippen LogP contribution < -0.4 is 21.7 Å². The number of aromatic nitrogens is 2. The molecule has 0 unspecified atom stereocenters. The van der Waals surface area contributed by atoms with Crippen molar-refractivity contribution in [2.45, 2.75) is 57.9 Å². The first kappa shape index (κ1) is 22.3. The molecular weight excluding hydrogens is 428 g/mol. The Balaban J connectivity index is 1.63. The highest BCUT2D eigenvalue weighted by Gasteiger charge is 2.34. The average Bonchev–Trinajstić information content (AvgIpc) is 3.48. The second kappa shape index (κ2) is 9.32. The minimum absolute atomic E-state index is 0.00294. The van der Waals surface area contributed by atoms with Crippen LogP contribution in [0.4, 0.5) is 10.8 Å². The van der Waals surface area contributed by atoms with Gasteiger partial charge in [0, 0.05) is 30.4 Å². The highest BCUT2D eigenvalue weighted by molar-refractivity contribution is 7.17. The number of amides is 3. The predicted octanol–water partition coefficient (Wildman–Crippen LogP) is 2.49. The lowest BCUT2D eigenvalue weighted by Crippen LogP contribution is -2.28. The Morgan fingerprint density at radius 2 is 2.03 bits per heavy atom. The Kier molecular flexibility index (Phi) is 6.50. The summed E-state index contributed by atoms with van der Waals surface area (Å²) in [7, 11) is 1.54. The number of unbranched alkanes of at least 4 members (excludes halogenated alkanes) is 1. The molecular formula is C22H30N6O3S. The molecule has 0 aromatic carbocycles. The highest BCUT2D eigenvalue weighted by Crippen LogP contribution is 2.42. The van der Waals surface area contributed by atoms with E-state index in [0.29, 0.717) is 29.3 Å². The maximum absolute atomic E-state index is 13.1. The first-order valence-electron chi connectivity index (χ1n) is 11.2. The second-order valence-corrected chi connectivity index (χ2v) is 9.55. The van der Waals surface area contributed by atoms with Gasteiger partial charge in [-0.25, -0.2) is 4.98 Å². The summed E-state index contributed by atoms with van der Waals surface area (Å²) < 4.78 is 1.83. The zero-order valence-corrected chi connectivity index (χ0v) is 19.3. The fourth-order valence-corrected chi connectivity index (χ4v) is 5.36. The number of nitrogens with two attached hydrogens (primary N) is 1. The van der Waals surface area contributed by atoms with E-state index in [9.17, 15) is 14.4 Å². The zero-order valence-electron chi connectivity index (χ0n) is 18.5. The zero-order chi connectivity index (χ0) is 22.8. The fraction of sp³-hybridized carbons (Fsp3) is 0.545. The van der Waals surface area contributed by atoms with E-state index in [1.165, 1.54) is 11.3 Å². The van der Waals surface area contributed by atoms with E-state index in [0.717, 1.165) is 49.0 Å². The number of nitrogen functional groups attached to an aromatic ring is 1. The smallest absolute Gasteiger partial charge is 0.273 e. The van der Waals surface area contributed by atoms with Gasteiger partial charge in [0.25, 0.3) is 11.8 Å². The maximum Gasteiger partial charge on any atom is 0.273 e.